The third kappa shape index (κ3) is 5.83. The van der Waals surface area contributed by atoms with Crippen molar-refractivity contribution in [3.63, 3.8) is 0 Å². The molecule has 9 nitrogen and oxygen atoms in total. The van der Waals surface area contributed by atoms with Crippen LogP contribution in [0.1, 0.15) is 26.3 Å². The van der Waals surface area contributed by atoms with Gasteiger partial charge in [-0.15, -0.1) is 16.8 Å². The molecule has 4 rings (SSSR count). The van der Waals surface area contributed by atoms with Crippen LogP contribution >= 0.6 is 11.8 Å². The number of ether oxygens (including phenoxy) is 2. The fourth-order valence-corrected chi connectivity index (χ4v) is 4.20. The van der Waals surface area contributed by atoms with Crippen molar-refractivity contribution in [2.75, 3.05) is 17.9 Å². The van der Waals surface area contributed by atoms with Crippen LogP contribution in [0.4, 0.5) is 10.5 Å². The van der Waals surface area contributed by atoms with Gasteiger partial charge in [0, 0.05) is 23.9 Å². The average molecular weight is 494 g/mol. The van der Waals surface area contributed by atoms with Gasteiger partial charge in [-0.3, -0.25) is 14.7 Å². The largest absolute Gasteiger partial charge is 0.454 e. The van der Waals surface area contributed by atoms with Gasteiger partial charge in [0.05, 0.1) is 5.75 Å². The lowest BCUT2D eigenvalue weighted by atomic mass is 9.87. The second-order valence-electron chi connectivity index (χ2n) is 8.89. The molecule has 0 saturated heterocycles. The second kappa shape index (κ2) is 10.2. The van der Waals surface area contributed by atoms with Crippen molar-refractivity contribution in [1.29, 1.82) is 0 Å². The highest BCUT2D eigenvalue weighted by molar-refractivity contribution is 7.99. The molecule has 3 amide bonds. The molecule has 2 heterocycles. The predicted octanol–water partition coefficient (Wildman–Crippen LogP) is 4.60. The van der Waals surface area contributed by atoms with E-state index in [0.717, 1.165) is 5.56 Å². The first kappa shape index (κ1) is 24.3. The van der Waals surface area contributed by atoms with Crippen LogP contribution < -0.4 is 20.1 Å². The van der Waals surface area contributed by atoms with Crippen molar-refractivity contribution >= 4 is 29.4 Å². The Hall–Kier alpha value is -3.79. The van der Waals surface area contributed by atoms with E-state index in [1.165, 1.54) is 17.3 Å². The molecule has 0 aliphatic carbocycles. The highest BCUT2D eigenvalue weighted by atomic mass is 32.2. The molecule has 35 heavy (non-hydrogen) atoms. The summed E-state index contributed by atoms with van der Waals surface area (Å²) in [4.78, 5) is 24.6. The number of hydrogen-bond acceptors (Lipinski definition) is 7. The quantitative estimate of drug-likeness (QED) is 0.366. The normalized spacial score (nSPS) is 12.3. The first-order chi connectivity index (χ1) is 16.7. The molecule has 0 atom stereocenters. The molecule has 1 aliphatic heterocycles. The third-order valence-corrected chi connectivity index (χ3v) is 6.22. The number of rotatable bonds is 7. The average Bonchev–Trinajstić information content (AvgIpc) is 3.44. The molecule has 3 aromatic rings. The molecular formula is C25H27N5O4S. The van der Waals surface area contributed by atoms with Crippen LogP contribution in [0.2, 0.25) is 0 Å². The summed E-state index contributed by atoms with van der Waals surface area (Å²) in [5.41, 5.74) is 2.68. The zero-order valence-corrected chi connectivity index (χ0v) is 20.6. The Bertz CT molecular complexity index is 1250. The van der Waals surface area contributed by atoms with E-state index < -0.39 is 11.9 Å². The van der Waals surface area contributed by atoms with Crippen molar-refractivity contribution in [2.24, 2.45) is 0 Å². The van der Waals surface area contributed by atoms with E-state index >= 15 is 0 Å². The van der Waals surface area contributed by atoms with Gasteiger partial charge in [0.1, 0.15) is 0 Å². The topological polar surface area (TPSA) is 107 Å². The molecule has 10 heteroatoms. The summed E-state index contributed by atoms with van der Waals surface area (Å²) in [6.07, 6.45) is 1.75. The van der Waals surface area contributed by atoms with Crippen LogP contribution in [-0.4, -0.2) is 39.2 Å². The van der Waals surface area contributed by atoms with E-state index in [-0.39, 0.29) is 18.0 Å². The van der Waals surface area contributed by atoms with Crippen LogP contribution in [-0.2, 0) is 16.8 Å². The number of aromatic nitrogens is 3. The summed E-state index contributed by atoms with van der Waals surface area (Å²) in [6.45, 7) is 10.9. The van der Waals surface area contributed by atoms with E-state index in [4.69, 9.17) is 9.47 Å². The van der Waals surface area contributed by atoms with Crippen molar-refractivity contribution in [3.8, 4) is 22.9 Å². The van der Waals surface area contributed by atoms with Crippen molar-refractivity contribution in [2.45, 2.75) is 37.9 Å². The fraction of sp³-hybridized carbons (Fsp3) is 0.280. The molecular weight excluding hydrogens is 466 g/mol. The number of benzene rings is 2. The predicted molar refractivity (Wildman–Crippen MR) is 135 cm³/mol. The van der Waals surface area contributed by atoms with Gasteiger partial charge in [0.15, 0.2) is 22.5 Å². The minimum absolute atomic E-state index is 0.00715. The minimum atomic E-state index is -0.637. The summed E-state index contributed by atoms with van der Waals surface area (Å²) >= 11 is 1.20. The summed E-state index contributed by atoms with van der Waals surface area (Å²) in [7, 11) is 0. The first-order valence-corrected chi connectivity index (χ1v) is 12.0. The molecule has 2 aromatic carbocycles. The summed E-state index contributed by atoms with van der Waals surface area (Å²) < 4.78 is 12.4. The number of fused-ring (bicyclic) bond motifs is 1. The maximum atomic E-state index is 12.4. The molecule has 0 saturated carbocycles. The number of carbonyl (C=O) groups is 2. The Balaban J connectivity index is 1.37. The molecule has 0 spiro atoms. The van der Waals surface area contributed by atoms with Gasteiger partial charge in [-0.25, -0.2) is 4.79 Å². The number of anilines is 1. The second-order valence-corrected chi connectivity index (χ2v) is 9.83. The fourth-order valence-electron chi connectivity index (χ4n) is 3.45. The van der Waals surface area contributed by atoms with Crippen LogP contribution in [0.15, 0.2) is 60.3 Å². The molecule has 2 N–H and O–H groups in total. The Kier molecular flexibility index (Phi) is 7.11. The zero-order chi connectivity index (χ0) is 25.0. The van der Waals surface area contributed by atoms with E-state index in [0.29, 0.717) is 34.7 Å². The molecule has 0 bridgehead atoms. The lowest BCUT2D eigenvalue weighted by molar-refractivity contribution is -0.117. The highest BCUT2D eigenvalue weighted by Gasteiger charge is 2.19. The van der Waals surface area contributed by atoms with Crippen molar-refractivity contribution in [1.82, 2.24) is 20.1 Å². The van der Waals surface area contributed by atoms with Gasteiger partial charge in [-0.1, -0.05) is 62.9 Å². The number of urea groups is 1. The maximum absolute atomic E-state index is 12.4. The SMILES string of the molecule is C=CCn1c(SCC(=O)NC(=O)Nc2ccc3c(c2)OCO3)nnc1-c1ccc(C(C)(C)C)cc1. The smallest absolute Gasteiger partial charge is 0.325 e. The number of hydrogen-bond donors (Lipinski definition) is 2. The van der Waals surface area contributed by atoms with Crippen LogP contribution in [0.25, 0.3) is 11.4 Å². The summed E-state index contributed by atoms with van der Waals surface area (Å²) in [5, 5.41) is 14.1. The lowest BCUT2D eigenvalue weighted by Crippen LogP contribution is -2.35. The van der Waals surface area contributed by atoms with Crippen molar-refractivity contribution < 1.29 is 19.1 Å². The van der Waals surface area contributed by atoms with Crippen LogP contribution in [0, 0.1) is 0 Å². The number of nitrogens with zero attached hydrogens (tertiary/aromatic N) is 3. The standard InChI is InChI=1S/C25H27N5O4S/c1-5-12-30-22(16-6-8-17(9-7-16)25(2,3)4)28-29-24(30)35-14-21(31)27-23(32)26-18-10-11-19-20(13-18)34-15-33-19/h5-11,13H,1,12,14-15H2,2-4H3,(H2,26,27,31,32). The molecule has 182 valence electrons. The molecule has 0 fully saturated rings. The Morgan fingerprint density at radius 3 is 2.57 bits per heavy atom. The monoisotopic (exact) mass is 493 g/mol. The lowest BCUT2D eigenvalue weighted by Gasteiger charge is -2.19. The summed E-state index contributed by atoms with van der Waals surface area (Å²) in [5.74, 6) is 1.37. The maximum Gasteiger partial charge on any atom is 0.325 e. The number of carbonyl (C=O) groups excluding carboxylic acids is 2. The van der Waals surface area contributed by atoms with Gasteiger partial charge < -0.3 is 14.8 Å². The number of imide groups is 1. The number of thioether (sulfide) groups is 1. The van der Waals surface area contributed by atoms with Gasteiger partial charge in [0.25, 0.3) is 0 Å². The van der Waals surface area contributed by atoms with Crippen molar-refractivity contribution in [3.05, 3.63) is 60.7 Å². The Morgan fingerprint density at radius 1 is 1.11 bits per heavy atom. The third-order valence-electron chi connectivity index (χ3n) is 5.25. The number of allylic oxidation sites excluding steroid dienone is 1. The molecule has 1 aliphatic rings. The minimum Gasteiger partial charge on any atom is -0.454 e. The Labute approximate surface area is 207 Å². The van der Waals surface area contributed by atoms with Crippen LogP contribution in [0.3, 0.4) is 0 Å². The molecule has 1 aromatic heterocycles. The van der Waals surface area contributed by atoms with Gasteiger partial charge in [-0.05, 0) is 23.1 Å². The Morgan fingerprint density at radius 2 is 1.86 bits per heavy atom. The number of nitrogens with one attached hydrogen (secondary N) is 2. The highest BCUT2D eigenvalue weighted by Crippen LogP contribution is 2.34. The molecule has 0 radical (unpaired) electrons. The van der Waals surface area contributed by atoms with E-state index in [2.05, 4.69) is 60.3 Å². The molecule has 0 unspecified atom stereocenters. The van der Waals surface area contributed by atoms with E-state index in [1.54, 1.807) is 24.3 Å². The van der Waals surface area contributed by atoms with Gasteiger partial charge in [0.2, 0.25) is 12.7 Å². The van der Waals surface area contributed by atoms with Crippen LogP contribution in [0.5, 0.6) is 11.5 Å². The first-order valence-electron chi connectivity index (χ1n) is 11.0. The van der Waals surface area contributed by atoms with Gasteiger partial charge in [-0.2, -0.15) is 0 Å². The van der Waals surface area contributed by atoms with E-state index in [9.17, 15) is 9.59 Å². The number of amides is 3. The summed E-state index contributed by atoms with van der Waals surface area (Å²) in [6, 6.07) is 12.6. The van der Waals surface area contributed by atoms with E-state index in [1.807, 2.05) is 16.7 Å². The van der Waals surface area contributed by atoms with Gasteiger partial charge >= 0.3 is 6.03 Å². The zero-order valence-electron chi connectivity index (χ0n) is 19.8.